The molecule has 3 atom stereocenters. The first-order chi connectivity index (χ1) is 18.8. The Balaban J connectivity index is 1.53. The van der Waals surface area contributed by atoms with Crippen LogP contribution in [0.2, 0.25) is 10.0 Å². The Labute approximate surface area is 239 Å². The van der Waals surface area contributed by atoms with Gasteiger partial charge >= 0.3 is 0 Å². The number of fused-ring (bicyclic) bond motifs is 1. The van der Waals surface area contributed by atoms with E-state index in [-0.39, 0.29) is 17.9 Å². The fourth-order valence-electron chi connectivity index (χ4n) is 6.01. The number of halogens is 2. The highest BCUT2D eigenvalue weighted by atomic mass is 35.5. The lowest BCUT2D eigenvalue weighted by Crippen LogP contribution is -2.55. The van der Waals surface area contributed by atoms with Gasteiger partial charge in [-0.05, 0) is 54.2 Å². The van der Waals surface area contributed by atoms with Gasteiger partial charge in [-0.15, -0.1) is 0 Å². The van der Waals surface area contributed by atoms with Gasteiger partial charge in [0.1, 0.15) is 6.23 Å². The molecule has 1 saturated heterocycles. The fourth-order valence-corrected chi connectivity index (χ4v) is 6.53. The van der Waals surface area contributed by atoms with Crippen LogP contribution < -0.4 is 5.32 Å². The third-order valence-corrected chi connectivity index (χ3v) is 8.52. The van der Waals surface area contributed by atoms with Gasteiger partial charge in [0.15, 0.2) is 0 Å². The van der Waals surface area contributed by atoms with E-state index in [2.05, 4.69) is 17.4 Å². The first-order valence-electron chi connectivity index (χ1n) is 13.4. The summed E-state index contributed by atoms with van der Waals surface area (Å²) in [4.78, 5) is 29.8. The van der Waals surface area contributed by atoms with Crippen molar-refractivity contribution < 1.29 is 14.7 Å². The molecule has 5 rings (SSSR count). The van der Waals surface area contributed by atoms with E-state index in [4.69, 9.17) is 23.2 Å². The van der Waals surface area contributed by atoms with Crippen molar-refractivity contribution in [3.8, 4) is 0 Å². The van der Waals surface area contributed by atoms with E-state index in [0.29, 0.717) is 48.1 Å². The van der Waals surface area contributed by atoms with E-state index < -0.39 is 18.2 Å². The van der Waals surface area contributed by atoms with Crippen molar-refractivity contribution >= 4 is 35.0 Å². The number of likely N-dealkylation sites (tertiary alicyclic amines) is 1. The Kier molecular flexibility index (Phi) is 8.57. The van der Waals surface area contributed by atoms with E-state index >= 15 is 0 Å². The second-order valence-corrected chi connectivity index (χ2v) is 11.2. The molecule has 2 aliphatic rings. The largest absolute Gasteiger partial charge is 0.378 e. The smallest absolute Gasteiger partial charge is 0.254 e. The normalized spacial score (nSPS) is 20.6. The predicted molar refractivity (Wildman–Crippen MR) is 154 cm³/mol. The quantitative estimate of drug-likeness (QED) is 0.374. The van der Waals surface area contributed by atoms with E-state index in [1.807, 2.05) is 58.3 Å². The number of aliphatic hydroxyl groups excluding tert-OH is 1. The molecule has 0 aliphatic carbocycles. The maximum Gasteiger partial charge on any atom is 0.254 e. The molecule has 2 aliphatic heterocycles. The number of nitrogens with one attached hydrogen (secondary N) is 1. The van der Waals surface area contributed by atoms with Crippen molar-refractivity contribution in [3.05, 3.63) is 105 Å². The van der Waals surface area contributed by atoms with Crippen LogP contribution in [0.3, 0.4) is 0 Å². The van der Waals surface area contributed by atoms with E-state index in [1.165, 1.54) is 5.56 Å². The van der Waals surface area contributed by atoms with Gasteiger partial charge in [0.25, 0.3) is 5.91 Å². The van der Waals surface area contributed by atoms with Crippen molar-refractivity contribution in [2.24, 2.45) is 0 Å². The third kappa shape index (κ3) is 5.85. The average molecular weight is 567 g/mol. The zero-order valence-corrected chi connectivity index (χ0v) is 23.4. The number of amides is 2. The molecule has 0 spiro atoms. The molecule has 2 N–H and O–H groups in total. The third-order valence-electron chi connectivity index (χ3n) is 7.96. The van der Waals surface area contributed by atoms with Gasteiger partial charge in [-0.3, -0.25) is 14.9 Å². The molecule has 2 amide bonds. The van der Waals surface area contributed by atoms with Crippen LogP contribution >= 0.6 is 23.2 Å². The average Bonchev–Trinajstić information content (AvgIpc) is 2.94. The lowest BCUT2D eigenvalue weighted by atomic mass is 9.77. The predicted octanol–water partition coefficient (Wildman–Crippen LogP) is 5.44. The molecule has 39 heavy (non-hydrogen) atoms. The number of hydrogen-bond donors (Lipinski definition) is 2. The highest BCUT2D eigenvalue weighted by Gasteiger charge is 2.47. The number of carbonyl (C=O) groups excluding carboxylic acids is 2. The molecule has 0 bridgehead atoms. The second-order valence-electron chi connectivity index (χ2n) is 10.3. The van der Waals surface area contributed by atoms with Gasteiger partial charge in [-0.25, -0.2) is 0 Å². The summed E-state index contributed by atoms with van der Waals surface area (Å²) in [5.41, 5.74) is 3.29. The van der Waals surface area contributed by atoms with Crippen LogP contribution in [0.5, 0.6) is 0 Å². The molecule has 0 saturated carbocycles. The van der Waals surface area contributed by atoms with Crippen LogP contribution in [-0.4, -0.2) is 58.6 Å². The topological polar surface area (TPSA) is 72.9 Å². The van der Waals surface area contributed by atoms with E-state index in [1.54, 1.807) is 19.1 Å². The standard InChI is InChI=1S/C31H33Cl2N3O3/c1-20(37)35-17-14-23(15-18-35)36-29(26-12-11-22(32)19-27(26)33)28(24-9-5-6-10-25(24)31(36)39)30(38)34-16-13-21-7-3-2-4-8-21/h2-12,19,23,28-30,34,38H,13-18H2,1H3/t28-,29+,30?/m1/s1. The number of hydrogen-bond acceptors (Lipinski definition) is 4. The van der Waals surface area contributed by atoms with Gasteiger partial charge in [0.2, 0.25) is 5.91 Å². The first kappa shape index (κ1) is 27.7. The molecule has 6 nitrogen and oxygen atoms in total. The molecule has 204 valence electrons. The minimum absolute atomic E-state index is 0.0389. The Morgan fingerprint density at radius 1 is 1.00 bits per heavy atom. The van der Waals surface area contributed by atoms with Crippen molar-refractivity contribution in [1.29, 1.82) is 0 Å². The second kappa shape index (κ2) is 12.1. The van der Waals surface area contributed by atoms with E-state index in [9.17, 15) is 14.7 Å². The summed E-state index contributed by atoms with van der Waals surface area (Å²) in [6.45, 7) is 3.30. The molecule has 3 aromatic rings. The lowest BCUT2D eigenvalue weighted by molar-refractivity contribution is -0.130. The number of nitrogens with zero attached hydrogens (tertiary/aromatic N) is 2. The fraction of sp³-hybridized carbons (Fsp3) is 0.355. The monoisotopic (exact) mass is 565 g/mol. The van der Waals surface area contributed by atoms with Crippen LogP contribution in [-0.2, 0) is 11.2 Å². The summed E-state index contributed by atoms with van der Waals surface area (Å²) in [5, 5.41) is 16.0. The van der Waals surface area contributed by atoms with Gasteiger partial charge in [-0.2, -0.15) is 0 Å². The SMILES string of the molecule is CC(=O)N1CCC(N2C(=O)c3ccccc3[C@@H](C(O)NCCc3ccccc3)[C@@H]2c2ccc(Cl)cc2Cl)CC1. The maximum absolute atomic E-state index is 14.1. The summed E-state index contributed by atoms with van der Waals surface area (Å²) in [5.74, 6) is -0.521. The van der Waals surface area contributed by atoms with Crippen LogP contribution in [0.15, 0.2) is 72.8 Å². The summed E-state index contributed by atoms with van der Waals surface area (Å²) < 4.78 is 0. The summed E-state index contributed by atoms with van der Waals surface area (Å²) in [7, 11) is 0. The van der Waals surface area contributed by atoms with Gasteiger partial charge in [-0.1, -0.05) is 77.8 Å². The first-order valence-corrected chi connectivity index (χ1v) is 14.2. The highest BCUT2D eigenvalue weighted by Crippen LogP contribution is 2.48. The molecule has 3 aromatic carbocycles. The van der Waals surface area contributed by atoms with Crippen LogP contribution in [0.1, 0.15) is 58.8 Å². The molecule has 2 heterocycles. The summed E-state index contributed by atoms with van der Waals surface area (Å²) >= 11 is 13.0. The number of aliphatic hydroxyl groups is 1. The Morgan fingerprint density at radius 2 is 1.69 bits per heavy atom. The van der Waals surface area contributed by atoms with E-state index in [0.717, 1.165) is 17.5 Å². The highest BCUT2D eigenvalue weighted by molar-refractivity contribution is 6.35. The molecular formula is C31H33Cl2N3O3. The Hall–Kier alpha value is -2.90. The Morgan fingerprint density at radius 3 is 2.38 bits per heavy atom. The zero-order chi connectivity index (χ0) is 27.5. The van der Waals surface area contributed by atoms with Crippen LogP contribution in [0.4, 0.5) is 0 Å². The van der Waals surface area contributed by atoms with Crippen molar-refractivity contribution in [1.82, 2.24) is 15.1 Å². The van der Waals surface area contributed by atoms with Crippen molar-refractivity contribution in [3.63, 3.8) is 0 Å². The van der Waals surface area contributed by atoms with Crippen LogP contribution in [0, 0.1) is 0 Å². The molecule has 1 fully saturated rings. The number of benzene rings is 3. The molecule has 0 radical (unpaired) electrons. The molecule has 0 aromatic heterocycles. The minimum atomic E-state index is -0.945. The number of carbonyl (C=O) groups is 2. The number of rotatable bonds is 7. The molecular weight excluding hydrogens is 533 g/mol. The van der Waals surface area contributed by atoms with Crippen molar-refractivity contribution in [2.45, 2.75) is 50.4 Å². The minimum Gasteiger partial charge on any atom is -0.378 e. The van der Waals surface area contributed by atoms with Crippen LogP contribution in [0.25, 0.3) is 0 Å². The van der Waals surface area contributed by atoms with Gasteiger partial charge < -0.3 is 14.9 Å². The Bertz CT molecular complexity index is 1330. The van der Waals surface area contributed by atoms with Gasteiger partial charge in [0, 0.05) is 54.1 Å². The molecule has 8 heteroatoms. The summed E-state index contributed by atoms with van der Waals surface area (Å²) in [6, 6.07) is 22.3. The number of piperidine rings is 1. The molecule has 1 unspecified atom stereocenters. The maximum atomic E-state index is 14.1. The van der Waals surface area contributed by atoms with Crippen molar-refractivity contribution in [2.75, 3.05) is 19.6 Å². The van der Waals surface area contributed by atoms with Gasteiger partial charge in [0.05, 0.1) is 6.04 Å². The zero-order valence-electron chi connectivity index (χ0n) is 21.9. The lowest BCUT2D eigenvalue weighted by Gasteiger charge is -2.49. The summed E-state index contributed by atoms with van der Waals surface area (Å²) in [6.07, 6.45) is 1.11.